The maximum atomic E-state index is 9.03. The molecule has 0 atom stereocenters. The molecule has 0 radical (unpaired) electrons. The maximum Gasteiger partial charge on any atom is 0.186 e. The van der Waals surface area contributed by atoms with Crippen molar-refractivity contribution in [2.45, 2.75) is 0 Å². The molecule has 0 saturated heterocycles. The standard InChI is InChI=1S/C21H17NO2/c23-15-24-19-12-11-17-13-20(16-7-3-1-4-8-16)22(21(17)14-19)18-9-5-2-6-10-18/h1-14,23H,15H2. The first-order chi connectivity index (χ1) is 11.9. The lowest BCUT2D eigenvalue weighted by Gasteiger charge is -2.12. The number of fused-ring (bicyclic) bond motifs is 1. The van der Waals surface area contributed by atoms with Crippen LogP contribution in [0.2, 0.25) is 0 Å². The zero-order chi connectivity index (χ0) is 16.4. The van der Waals surface area contributed by atoms with E-state index in [9.17, 15) is 0 Å². The topological polar surface area (TPSA) is 34.4 Å². The summed E-state index contributed by atoms with van der Waals surface area (Å²) in [6.45, 7) is -0.330. The molecule has 0 bridgehead atoms. The van der Waals surface area contributed by atoms with Gasteiger partial charge in [-0.1, -0.05) is 48.5 Å². The number of rotatable bonds is 4. The van der Waals surface area contributed by atoms with Crippen molar-refractivity contribution in [2.24, 2.45) is 0 Å². The minimum Gasteiger partial charge on any atom is -0.468 e. The normalized spacial score (nSPS) is 10.9. The van der Waals surface area contributed by atoms with Crippen LogP contribution in [-0.4, -0.2) is 16.5 Å². The molecule has 0 aliphatic carbocycles. The van der Waals surface area contributed by atoms with Crippen LogP contribution >= 0.6 is 0 Å². The molecule has 3 nitrogen and oxygen atoms in total. The van der Waals surface area contributed by atoms with Crippen molar-refractivity contribution in [3.05, 3.63) is 84.9 Å². The van der Waals surface area contributed by atoms with Crippen LogP contribution in [0.5, 0.6) is 5.75 Å². The highest BCUT2D eigenvalue weighted by Gasteiger charge is 2.13. The van der Waals surface area contributed by atoms with Crippen molar-refractivity contribution < 1.29 is 9.84 Å². The van der Waals surface area contributed by atoms with Gasteiger partial charge in [0.15, 0.2) is 6.79 Å². The lowest BCUT2D eigenvalue weighted by atomic mass is 10.1. The molecule has 0 aliphatic heterocycles. The molecule has 3 heteroatoms. The van der Waals surface area contributed by atoms with E-state index in [0.29, 0.717) is 5.75 Å². The first kappa shape index (κ1) is 14.5. The fraction of sp³-hybridized carbons (Fsp3) is 0.0476. The number of ether oxygens (including phenoxy) is 1. The summed E-state index contributed by atoms with van der Waals surface area (Å²) < 4.78 is 7.48. The van der Waals surface area contributed by atoms with Gasteiger partial charge in [-0.15, -0.1) is 0 Å². The summed E-state index contributed by atoms with van der Waals surface area (Å²) in [5.74, 6) is 0.653. The van der Waals surface area contributed by atoms with Gasteiger partial charge in [0, 0.05) is 17.1 Å². The number of aromatic nitrogens is 1. The Morgan fingerprint density at radius 3 is 2.21 bits per heavy atom. The van der Waals surface area contributed by atoms with Gasteiger partial charge in [0.25, 0.3) is 0 Å². The fourth-order valence-electron chi connectivity index (χ4n) is 3.02. The molecule has 3 aromatic carbocycles. The van der Waals surface area contributed by atoms with Crippen LogP contribution in [0.4, 0.5) is 0 Å². The van der Waals surface area contributed by atoms with E-state index in [2.05, 4.69) is 34.9 Å². The summed E-state index contributed by atoms with van der Waals surface area (Å²) in [7, 11) is 0. The van der Waals surface area contributed by atoms with Gasteiger partial charge in [-0.05, 0) is 35.9 Å². The Bertz CT molecular complexity index is 959. The molecule has 0 fully saturated rings. The van der Waals surface area contributed by atoms with Crippen molar-refractivity contribution in [1.82, 2.24) is 4.57 Å². The van der Waals surface area contributed by atoms with Crippen molar-refractivity contribution in [3.8, 4) is 22.7 Å². The van der Waals surface area contributed by atoms with Crippen LogP contribution in [0.25, 0.3) is 27.8 Å². The molecule has 0 amide bonds. The molecule has 1 N–H and O–H groups in total. The van der Waals surface area contributed by atoms with E-state index >= 15 is 0 Å². The Labute approximate surface area is 140 Å². The Kier molecular flexibility index (Phi) is 3.77. The number of para-hydroxylation sites is 1. The predicted octanol–water partition coefficient (Wildman–Crippen LogP) is 4.63. The third-order valence-electron chi connectivity index (χ3n) is 4.09. The Hall–Kier alpha value is -3.04. The molecule has 1 heterocycles. The third-order valence-corrected chi connectivity index (χ3v) is 4.09. The predicted molar refractivity (Wildman–Crippen MR) is 96.4 cm³/mol. The molecule has 0 aliphatic rings. The fourth-order valence-corrected chi connectivity index (χ4v) is 3.02. The zero-order valence-electron chi connectivity index (χ0n) is 13.1. The van der Waals surface area contributed by atoms with Crippen LogP contribution in [-0.2, 0) is 0 Å². The van der Waals surface area contributed by atoms with Gasteiger partial charge >= 0.3 is 0 Å². The van der Waals surface area contributed by atoms with Crippen molar-refractivity contribution in [3.63, 3.8) is 0 Å². The summed E-state index contributed by atoms with van der Waals surface area (Å²) in [5, 5.41) is 10.2. The number of hydrogen-bond donors (Lipinski definition) is 1. The number of hydrogen-bond acceptors (Lipinski definition) is 2. The minimum atomic E-state index is -0.330. The highest BCUT2D eigenvalue weighted by Crippen LogP contribution is 2.33. The average molecular weight is 315 g/mol. The van der Waals surface area contributed by atoms with Gasteiger partial charge in [-0.2, -0.15) is 0 Å². The molecule has 4 aromatic rings. The van der Waals surface area contributed by atoms with E-state index in [4.69, 9.17) is 9.84 Å². The SMILES string of the molecule is OCOc1ccc2cc(-c3ccccc3)n(-c3ccccc3)c2c1. The van der Waals surface area contributed by atoms with Crippen molar-refractivity contribution in [1.29, 1.82) is 0 Å². The van der Waals surface area contributed by atoms with E-state index < -0.39 is 0 Å². The van der Waals surface area contributed by atoms with Crippen LogP contribution < -0.4 is 4.74 Å². The molecule has 0 unspecified atom stereocenters. The van der Waals surface area contributed by atoms with E-state index in [1.54, 1.807) is 0 Å². The second kappa shape index (κ2) is 6.22. The monoisotopic (exact) mass is 315 g/mol. The van der Waals surface area contributed by atoms with Gasteiger partial charge in [0.05, 0.1) is 11.2 Å². The smallest absolute Gasteiger partial charge is 0.186 e. The molecule has 4 rings (SSSR count). The summed E-state index contributed by atoms with van der Waals surface area (Å²) in [5.41, 5.74) is 4.42. The minimum absolute atomic E-state index is 0.330. The Morgan fingerprint density at radius 1 is 0.792 bits per heavy atom. The number of nitrogens with zero attached hydrogens (tertiary/aromatic N) is 1. The van der Waals surface area contributed by atoms with Crippen LogP contribution in [0, 0.1) is 0 Å². The average Bonchev–Trinajstić information content (AvgIpc) is 3.02. The van der Waals surface area contributed by atoms with Gasteiger partial charge in [0.2, 0.25) is 0 Å². The van der Waals surface area contributed by atoms with Crippen LogP contribution in [0.3, 0.4) is 0 Å². The summed E-state index contributed by atoms with van der Waals surface area (Å²) in [6.07, 6.45) is 0. The Balaban J connectivity index is 2.01. The second-order valence-corrected chi connectivity index (χ2v) is 5.56. The van der Waals surface area contributed by atoms with E-state index in [-0.39, 0.29) is 6.79 Å². The van der Waals surface area contributed by atoms with E-state index in [0.717, 1.165) is 27.8 Å². The number of benzene rings is 3. The van der Waals surface area contributed by atoms with E-state index in [1.165, 1.54) is 0 Å². The molecule has 1 aromatic heterocycles. The largest absolute Gasteiger partial charge is 0.468 e. The molecule has 0 saturated carbocycles. The lowest BCUT2D eigenvalue weighted by Crippen LogP contribution is -1.98. The van der Waals surface area contributed by atoms with Crippen molar-refractivity contribution >= 4 is 10.9 Å². The number of aliphatic hydroxyl groups excluding tert-OH is 1. The van der Waals surface area contributed by atoms with Crippen LogP contribution in [0.15, 0.2) is 84.9 Å². The van der Waals surface area contributed by atoms with Crippen molar-refractivity contribution in [2.75, 3.05) is 6.79 Å². The maximum absolute atomic E-state index is 9.03. The highest BCUT2D eigenvalue weighted by atomic mass is 16.6. The third kappa shape index (κ3) is 2.55. The first-order valence-electron chi connectivity index (χ1n) is 7.87. The van der Waals surface area contributed by atoms with E-state index in [1.807, 2.05) is 54.6 Å². The zero-order valence-corrected chi connectivity index (χ0v) is 13.1. The second-order valence-electron chi connectivity index (χ2n) is 5.56. The highest BCUT2D eigenvalue weighted by molar-refractivity contribution is 5.90. The molecular formula is C21H17NO2. The summed E-state index contributed by atoms with van der Waals surface area (Å²) in [6, 6.07) is 28.6. The Morgan fingerprint density at radius 2 is 1.50 bits per heavy atom. The number of aliphatic hydroxyl groups is 1. The van der Waals surface area contributed by atoms with Gasteiger partial charge in [-0.25, -0.2) is 0 Å². The quantitative estimate of drug-likeness (QED) is 0.557. The molecule has 118 valence electrons. The van der Waals surface area contributed by atoms with Crippen LogP contribution in [0.1, 0.15) is 0 Å². The summed E-state index contributed by atoms with van der Waals surface area (Å²) >= 11 is 0. The molecule has 0 spiro atoms. The molecule has 24 heavy (non-hydrogen) atoms. The summed E-state index contributed by atoms with van der Waals surface area (Å²) in [4.78, 5) is 0. The van der Waals surface area contributed by atoms with Gasteiger partial charge in [-0.3, -0.25) is 0 Å². The van der Waals surface area contributed by atoms with Gasteiger partial charge in [0.1, 0.15) is 5.75 Å². The first-order valence-corrected chi connectivity index (χ1v) is 7.87. The lowest BCUT2D eigenvalue weighted by molar-refractivity contribution is 0.0987. The molecular weight excluding hydrogens is 298 g/mol. The van der Waals surface area contributed by atoms with Gasteiger partial charge < -0.3 is 14.4 Å².